The van der Waals surface area contributed by atoms with Gasteiger partial charge in [0.2, 0.25) is 5.91 Å². The molecule has 0 bridgehead atoms. The van der Waals surface area contributed by atoms with E-state index in [1.54, 1.807) is 17.0 Å². The Kier molecular flexibility index (Phi) is 9.46. The molecule has 0 unspecified atom stereocenters. The van der Waals surface area contributed by atoms with E-state index < -0.39 is 25.1 Å². The van der Waals surface area contributed by atoms with Gasteiger partial charge in [0.25, 0.3) is 5.69 Å². The first-order valence-corrected chi connectivity index (χ1v) is 16.4. The van der Waals surface area contributed by atoms with Gasteiger partial charge in [0.05, 0.1) is 23.0 Å². The number of rotatable bonds is 11. The minimum atomic E-state index is -2.15. The molecule has 0 spiro atoms. The highest BCUT2D eigenvalue weighted by molar-refractivity contribution is 7.80. The van der Waals surface area contributed by atoms with Gasteiger partial charge in [-0.2, -0.15) is 0 Å². The predicted molar refractivity (Wildman–Crippen MR) is 157 cm³/mol. The molecule has 8 nitrogen and oxygen atoms in total. The number of β-lactam (4-membered cyclic amide) rings is 1. The monoisotopic (exact) mass is 570 g/mol. The molecule has 10 heteroatoms. The zero-order valence-electron chi connectivity index (χ0n) is 23.7. The zero-order valence-corrected chi connectivity index (χ0v) is 25.5. The number of thiocarbonyl (C=S) groups is 1. The number of nitrogens with zero attached hydrogens (tertiary/aromatic N) is 2. The molecule has 0 aromatic heterocycles. The van der Waals surface area contributed by atoms with Crippen molar-refractivity contribution in [3.63, 3.8) is 0 Å². The van der Waals surface area contributed by atoms with Crippen molar-refractivity contribution in [2.45, 2.75) is 71.5 Å². The molecule has 3 rings (SSSR count). The molecule has 1 amide bonds. The molecule has 0 radical (unpaired) electrons. The number of amides is 1. The van der Waals surface area contributed by atoms with E-state index in [9.17, 15) is 19.7 Å². The lowest BCUT2D eigenvalue weighted by molar-refractivity contribution is -0.384. The fraction of sp³-hybridized carbons (Fsp3) is 0.483. The molecule has 1 saturated heterocycles. The highest BCUT2D eigenvalue weighted by Crippen LogP contribution is 2.42. The SMILES string of the molecule is C[C@@H](O[Si](C)(C)C(C)(C)C)[C@H]1C(=O)N(CC(=O)OCc2ccc([N+](=O)[O-])cc2)[C@@H]1[C@@H](C)C(=S)c1ccccc1. The molecule has 4 atom stereocenters. The number of nitro groups is 1. The Morgan fingerprint density at radius 3 is 2.23 bits per heavy atom. The Morgan fingerprint density at radius 1 is 1.10 bits per heavy atom. The van der Waals surface area contributed by atoms with Crippen LogP contribution in [0.5, 0.6) is 0 Å². The molecule has 0 aliphatic carbocycles. The predicted octanol–water partition coefficient (Wildman–Crippen LogP) is 5.93. The summed E-state index contributed by atoms with van der Waals surface area (Å²) in [6.07, 6.45) is -0.336. The highest BCUT2D eigenvalue weighted by atomic mass is 32.1. The first-order valence-electron chi connectivity index (χ1n) is 13.1. The summed E-state index contributed by atoms with van der Waals surface area (Å²) in [5, 5.41) is 10.8. The van der Waals surface area contributed by atoms with E-state index in [0.29, 0.717) is 5.56 Å². The maximum Gasteiger partial charge on any atom is 0.325 e. The smallest absolute Gasteiger partial charge is 0.325 e. The lowest BCUT2D eigenvalue weighted by atomic mass is 9.74. The number of benzene rings is 2. The molecule has 39 heavy (non-hydrogen) atoms. The van der Waals surface area contributed by atoms with Gasteiger partial charge in [0.1, 0.15) is 13.2 Å². The molecular formula is C29H38N2O6SSi. The summed E-state index contributed by atoms with van der Waals surface area (Å²) in [6.45, 7) is 14.5. The lowest BCUT2D eigenvalue weighted by Gasteiger charge is -2.53. The molecule has 1 heterocycles. The summed E-state index contributed by atoms with van der Waals surface area (Å²) in [6, 6.07) is 15.2. The van der Waals surface area contributed by atoms with Gasteiger partial charge in [-0.15, -0.1) is 0 Å². The number of esters is 1. The number of nitro benzene ring substituents is 1. The number of likely N-dealkylation sites (tertiary alicyclic amines) is 1. The summed E-state index contributed by atoms with van der Waals surface area (Å²) in [4.78, 5) is 38.9. The van der Waals surface area contributed by atoms with E-state index >= 15 is 0 Å². The second kappa shape index (κ2) is 12.1. The van der Waals surface area contributed by atoms with Gasteiger partial charge in [-0.3, -0.25) is 19.7 Å². The fourth-order valence-corrected chi connectivity index (χ4v) is 6.34. The van der Waals surface area contributed by atoms with Crippen molar-refractivity contribution >= 4 is 43.0 Å². The Bertz CT molecular complexity index is 1210. The van der Waals surface area contributed by atoms with Crippen molar-refractivity contribution < 1.29 is 23.7 Å². The molecule has 2 aromatic rings. The number of ether oxygens (including phenoxy) is 1. The minimum Gasteiger partial charge on any atom is -0.459 e. The van der Waals surface area contributed by atoms with Crippen LogP contribution >= 0.6 is 12.2 Å². The van der Waals surface area contributed by atoms with Crippen LogP contribution in [0.25, 0.3) is 0 Å². The van der Waals surface area contributed by atoms with Gasteiger partial charge in [-0.25, -0.2) is 0 Å². The van der Waals surface area contributed by atoms with Gasteiger partial charge in [0.15, 0.2) is 8.32 Å². The number of hydrogen-bond donors (Lipinski definition) is 0. The Morgan fingerprint density at radius 2 is 1.69 bits per heavy atom. The Balaban J connectivity index is 1.76. The quantitative estimate of drug-likeness (QED) is 0.0628. The summed E-state index contributed by atoms with van der Waals surface area (Å²) in [5.74, 6) is -1.33. The Labute approximate surface area is 237 Å². The van der Waals surface area contributed by atoms with E-state index in [2.05, 4.69) is 33.9 Å². The van der Waals surface area contributed by atoms with Gasteiger partial charge < -0.3 is 14.1 Å². The standard InChI is InChI=1S/C29H38N2O6SSi/c1-19(27(38)22-11-9-8-10-12-22)26-25(20(2)37-39(6,7)29(3,4)5)28(33)30(26)17-24(32)36-18-21-13-15-23(16-14-21)31(34)35/h8-16,19-20,25-26H,17-18H2,1-7H3/t19-,20-,25-,26-/m1/s1. The van der Waals surface area contributed by atoms with Gasteiger partial charge in [0, 0.05) is 22.9 Å². The molecule has 210 valence electrons. The van der Waals surface area contributed by atoms with E-state index in [-0.39, 0.29) is 47.8 Å². The van der Waals surface area contributed by atoms with Gasteiger partial charge >= 0.3 is 5.97 Å². The van der Waals surface area contributed by atoms with Crippen LogP contribution in [0.3, 0.4) is 0 Å². The lowest BCUT2D eigenvalue weighted by Crippen LogP contribution is -2.69. The number of carbonyl (C=O) groups excluding carboxylic acids is 2. The molecule has 2 aromatic carbocycles. The van der Waals surface area contributed by atoms with Crippen molar-refractivity contribution in [2.75, 3.05) is 6.54 Å². The van der Waals surface area contributed by atoms with Crippen LogP contribution < -0.4 is 0 Å². The van der Waals surface area contributed by atoms with Crippen LogP contribution in [0, 0.1) is 22.0 Å². The Hall–Kier alpha value is -2.95. The summed E-state index contributed by atoms with van der Waals surface area (Å²) in [5.41, 5.74) is 1.49. The molecule has 1 fully saturated rings. The third-order valence-electron chi connectivity index (χ3n) is 7.92. The largest absolute Gasteiger partial charge is 0.459 e. The third-order valence-corrected chi connectivity index (χ3v) is 13.1. The highest BCUT2D eigenvalue weighted by Gasteiger charge is 2.55. The van der Waals surface area contributed by atoms with E-state index in [1.807, 2.05) is 44.2 Å². The molecule has 1 aliphatic rings. The summed E-state index contributed by atoms with van der Waals surface area (Å²) in [7, 11) is -2.15. The van der Waals surface area contributed by atoms with Crippen LogP contribution in [-0.2, 0) is 25.4 Å². The normalized spacial score (nSPS) is 19.2. The number of non-ortho nitro benzene ring substituents is 1. The second-order valence-electron chi connectivity index (χ2n) is 11.7. The van der Waals surface area contributed by atoms with E-state index in [1.165, 1.54) is 12.1 Å². The summed E-state index contributed by atoms with van der Waals surface area (Å²) < 4.78 is 12.0. The molecule has 0 N–H and O–H groups in total. The average molecular weight is 571 g/mol. The van der Waals surface area contributed by atoms with Crippen LogP contribution in [0.4, 0.5) is 5.69 Å². The van der Waals surface area contributed by atoms with Crippen LogP contribution in [-0.4, -0.2) is 53.6 Å². The molecular weight excluding hydrogens is 532 g/mol. The van der Waals surface area contributed by atoms with Crippen molar-refractivity contribution in [2.24, 2.45) is 11.8 Å². The van der Waals surface area contributed by atoms with Crippen molar-refractivity contribution in [3.8, 4) is 0 Å². The topological polar surface area (TPSA) is 99.0 Å². The maximum atomic E-state index is 13.5. The number of carbonyl (C=O) groups is 2. The van der Waals surface area contributed by atoms with Crippen molar-refractivity contribution in [1.29, 1.82) is 0 Å². The zero-order chi connectivity index (χ0) is 29.1. The van der Waals surface area contributed by atoms with Crippen molar-refractivity contribution in [3.05, 3.63) is 75.8 Å². The molecule has 1 aliphatic heterocycles. The van der Waals surface area contributed by atoms with Crippen LogP contribution in [0.15, 0.2) is 54.6 Å². The average Bonchev–Trinajstić information content (AvgIpc) is 2.87. The second-order valence-corrected chi connectivity index (χ2v) is 16.9. The van der Waals surface area contributed by atoms with Crippen molar-refractivity contribution in [1.82, 2.24) is 4.90 Å². The summed E-state index contributed by atoms with van der Waals surface area (Å²) >= 11 is 5.84. The maximum absolute atomic E-state index is 13.5. The van der Waals surface area contributed by atoms with Gasteiger partial charge in [-0.05, 0) is 48.3 Å². The van der Waals surface area contributed by atoms with Crippen LogP contribution in [0.1, 0.15) is 45.7 Å². The fourth-order valence-electron chi connectivity index (χ4n) is 4.64. The van der Waals surface area contributed by atoms with Gasteiger partial charge in [-0.1, -0.05) is 70.2 Å². The van der Waals surface area contributed by atoms with E-state index in [4.69, 9.17) is 21.4 Å². The first kappa shape index (κ1) is 30.6. The minimum absolute atomic E-state index is 0.0180. The number of hydrogen-bond acceptors (Lipinski definition) is 7. The van der Waals surface area contributed by atoms with E-state index in [0.717, 1.165) is 10.4 Å². The molecule has 0 saturated carbocycles. The van der Waals surface area contributed by atoms with Crippen LogP contribution in [0.2, 0.25) is 18.1 Å². The third kappa shape index (κ3) is 6.98. The first-order chi connectivity index (χ1) is 18.1.